The van der Waals surface area contributed by atoms with Crippen LogP contribution in [0.5, 0.6) is 5.75 Å². The zero-order chi connectivity index (χ0) is 15.3. The molecule has 0 aromatic heterocycles. The lowest BCUT2D eigenvalue weighted by molar-refractivity contribution is 0.161. The predicted molar refractivity (Wildman–Crippen MR) is 90.0 cm³/mol. The first kappa shape index (κ1) is 16.4. The Hall–Kier alpha value is -1.02. The number of hydrogen-bond acceptors (Lipinski definition) is 2. The fraction of sp³-hybridized carbons (Fsp3) is 0.684. The molecular weight excluding hydrogens is 258 g/mol. The number of rotatable bonds is 6. The summed E-state index contributed by atoms with van der Waals surface area (Å²) in [6.45, 7) is 8.89. The van der Waals surface area contributed by atoms with Gasteiger partial charge in [-0.15, -0.1) is 0 Å². The van der Waals surface area contributed by atoms with Gasteiger partial charge in [-0.05, 0) is 74.2 Å². The molecule has 0 radical (unpaired) electrons. The molecule has 1 saturated carbocycles. The zero-order valence-electron chi connectivity index (χ0n) is 14.1. The summed E-state index contributed by atoms with van der Waals surface area (Å²) in [5.74, 6) is 2.42. The van der Waals surface area contributed by atoms with Crippen LogP contribution in [-0.2, 0) is 0 Å². The normalized spacial score (nSPS) is 24.8. The Labute approximate surface area is 130 Å². The summed E-state index contributed by atoms with van der Waals surface area (Å²) >= 11 is 0. The van der Waals surface area contributed by atoms with Crippen molar-refractivity contribution in [1.29, 1.82) is 0 Å². The number of hydrogen-bond donors (Lipinski definition) is 1. The highest BCUT2D eigenvalue weighted by Gasteiger charge is 2.35. The van der Waals surface area contributed by atoms with Gasteiger partial charge < -0.3 is 10.1 Å². The molecule has 1 aromatic carbocycles. The molecule has 0 spiro atoms. The van der Waals surface area contributed by atoms with Crippen LogP contribution in [0.1, 0.15) is 57.9 Å². The van der Waals surface area contributed by atoms with Gasteiger partial charge >= 0.3 is 0 Å². The van der Waals surface area contributed by atoms with E-state index in [0.29, 0.717) is 11.3 Å². The molecule has 2 atom stereocenters. The highest BCUT2D eigenvalue weighted by atomic mass is 16.5. The van der Waals surface area contributed by atoms with Crippen molar-refractivity contribution in [2.75, 3.05) is 20.2 Å². The van der Waals surface area contributed by atoms with Crippen LogP contribution in [0.15, 0.2) is 24.3 Å². The first-order valence-electron chi connectivity index (χ1n) is 8.43. The van der Waals surface area contributed by atoms with E-state index >= 15 is 0 Å². The molecule has 1 N–H and O–H groups in total. The van der Waals surface area contributed by atoms with Gasteiger partial charge in [0.25, 0.3) is 0 Å². The summed E-state index contributed by atoms with van der Waals surface area (Å²) in [5.41, 5.74) is 1.94. The van der Waals surface area contributed by atoms with E-state index in [1.54, 1.807) is 0 Å². The average Bonchev–Trinajstić information content (AvgIpc) is 2.47. The summed E-state index contributed by atoms with van der Waals surface area (Å²) in [5, 5.41) is 3.38. The van der Waals surface area contributed by atoms with Gasteiger partial charge in [0.1, 0.15) is 5.75 Å². The average molecular weight is 289 g/mol. The standard InChI is InChI=1S/C19H31NO/c1-5-12-21-17-8-6-15(7-9-17)18-13-19(2,3)11-10-16(18)14-20-4/h6-9,16,18,20H,5,10-14H2,1-4H3. The highest BCUT2D eigenvalue weighted by molar-refractivity contribution is 5.30. The van der Waals surface area contributed by atoms with Crippen molar-refractivity contribution >= 4 is 0 Å². The largest absolute Gasteiger partial charge is 0.494 e. The minimum atomic E-state index is 0.465. The summed E-state index contributed by atoms with van der Waals surface area (Å²) in [6, 6.07) is 8.84. The van der Waals surface area contributed by atoms with Gasteiger partial charge in [-0.1, -0.05) is 32.9 Å². The maximum atomic E-state index is 5.70. The first-order valence-corrected chi connectivity index (χ1v) is 8.43. The van der Waals surface area contributed by atoms with E-state index in [1.165, 1.54) is 24.8 Å². The first-order chi connectivity index (χ1) is 10.1. The molecule has 118 valence electrons. The molecular formula is C19H31NO. The lowest BCUT2D eigenvalue weighted by atomic mass is 9.65. The molecule has 2 nitrogen and oxygen atoms in total. The van der Waals surface area contributed by atoms with Crippen molar-refractivity contribution < 1.29 is 4.74 Å². The van der Waals surface area contributed by atoms with Gasteiger partial charge in [0, 0.05) is 0 Å². The van der Waals surface area contributed by atoms with Gasteiger partial charge in [0.15, 0.2) is 0 Å². The van der Waals surface area contributed by atoms with Crippen LogP contribution < -0.4 is 10.1 Å². The van der Waals surface area contributed by atoms with Crippen molar-refractivity contribution in [1.82, 2.24) is 5.32 Å². The van der Waals surface area contributed by atoms with Crippen molar-refractivity contribution in [3.63, 3.8) is 0 Å². The fourth-order valence-electron chi connectivity index (χ4n) is 3.57. The minimum absolute atomic E-state index is 0.465. The molecule has 0 saturated heterocycles. The molecule has 1 aliphatic rings. The van der Waals surface area contributed by atoms with Crippen LogP contribution in [0.3, 0.4) is 0 Å². The van der Waals surface area contributed by atoms with E-state index in [0.717, 1.165) is 31.2 Å². The molecule has 2 heteroatoms. The number of benzene rings is 1. The third kappa shape index (κ3) is 4.47. The van der Waals surface area contributed by atoms with Crippen LogP contribution in [0.2, 0.25) is 0 Å². The molecule has 2 rings (SSSR count). The smallest absolute Gasteiger partial charge is 0.119 e. The molecule has 0 bridgehead atoms. The molecule has 1 aliphatic carbocycles. The maximum Gasteiger partial charge on any atom is 0.119 e. The highest BCUT2D eigenvalue weighted by Crippen LogP contribution is 2.46. The molecule has 0 heterocycles. The summed E-state index contributed by atoms with van der Waals surface area (Å²) in [6.07, 6.45) is 5.01. The van der Waals surface area contributed by atoms with E-state index in [-0.39, 0.29) is 0 Å². The Bertz CT molecular complexity index is 424. The van der Waals surface area contributed by atoms with Crippen molar-refractivity contribution in [2.45, 2.75) is 52.4 Å². The monoisotopic (exact) mass is 289 g/mol. The lowest BCUT2D eigenvalue weighted by Crippen LogP contribution is -2.33. The molecule has 1 aromatic rings. The SMILES string of the molecule is CCCOc1ccc(C2CC(C)(C)CCC2CNC)cc1. The van der Waals surface area contributed by atoms with Crippen LogP contribution in [0.4, 0.5) is 0 Å². The van der Waals surface area contributed by atoms with Gasteiger partial charge in [-0.2, -0.15) is 0 Å². The second-order valence-electron chi connectivity index (χ2n) is 7.25. The number of ether oxygens (including phenoxy) is 1. The van der Waals surface area contributed by atoms with E-state index in [9.17, 15) is 0 Å². The summed E-state index contributed by atoms with van der Waals surface area (Å²) in [4.78, 5) is 0. The lowest BCUT2D eigenvalue weighted by Gasteiger charge is -2.41. The Morgan fingerprint density at radius 1 is 1.24 bits per heavy atom. The van der Waals surface area contributed by atoms with Gasteiger partial charge in [0.05, 0.1) is 6.61 Å². The van der Waals surface area contributed by atoms with Gasteiger partial charge in [-0.25, -0.2) is 0 Å². The quantitative estimate of drug-likeness (QED) is 0.826. The second-order valence-corrected chi connectivity index (χ2v) is 7.25. The van der Waals surface area contributed by atoms with Crippen LogP contribution in [0.25, 0.3) is 0 Å². The number of nitrogens with one attached hydrogen (secondary N) is 1. The Morgan fingerprint density at radius 3 is 2.57 bits per heavy atom. The molecule has 0 aliphatic heterocycles. The van der Waals surface area contributed by atoms with Crippen LogP contribution in [0, 0.1) is 11.3 Å². The van der Waals surface area contributed by atoms with E-state index in [4.69, 9.17) is 4.74 Å². The molecule has 21 heavy (non-hydrogen) atoms. The van der Waals surface area contributed by atoms with E-state index in [1.807, 2.05) is 0 Å². The van der Waals surface area contributed by atoms with Crippen molar-refractivity contribution in [3.8, 4) is 5.75 Å². The fourth-order valence-corrected chi connectivity index (χ4v) is 3.57. The summed E-state index contributed by atoms with van der Waals surface area (Å²) in [7, 11) is 2.07. The second kappa shape index (κ2) is 7.31. The third-order valence-electron chi connectivity index (χ3n) is 4.78. The predicted octanol–water partition coefficient (Wildman–Crippen LogP) is 4.60. The van der Waals surface area contributed by atoms with Gasteiger partial charge in [-0.3, -0.25) is 0 Å². The maximum absolute atomic E-state index is 5.70. The minimum Gasteiger partial charge on any atom is -0.494 e. The Kier molecular flexibility index (Phi) is 5.69. The third-order valence-corrected chi connectivity index (χ3v) is 4.78. The molecule has 1 fully saturated rings. The zero-order valence-corrected chi connectivity index (χ0v) is 14.1. The Balaban J connectivity index is 2.11. The summed E-state index contributed by atoms with van der Waals surface area (Å²) < 4.78 is 5.70. The van der Waals surface area contributed by atoms with Crippen LogP contribution in [-0.4, -0.2) is 20.2 Å². The van der Waals surface area contributed by atoms with Crippen LogP contribution >= 0.6 is 0 Å². The molecule has 0 amide bonds. The Morgan fingerprint density at radius 2 is 1.95 bits per heavy atom. The van der Waals surface area contributed by atoms with Crippen molar-refractivity contribution in [2.24, 2.45) is 11.3 Å². The topological polar surface area (TPSA) is 21.3 Å². The van der Waals surface area contributed by atoms with E-state index < -0.39 is 0 Å². The molecule has 2 unspecified atom stereocenters. The van der Waals surface area contributed by atoms with Gasteiger partial charge in [0.2, 0.25) is 0 Å². The van der Waals surface area contributed by atoms with Crippen molar-refractivity contribution in [3.05, 3.63) is 29.8 Å². The van der Waals surface area contributed by atoms with E-state index in [2.05, 4.69) is 57.4 Å².